The Bertz CT molecular complexity index is 3170. The van der Waals surface area contributed by atoms with Crippen molar-refractivity contribution in [3.8, 4) is 57.1 Å². The van der Waals surface area contributed by atoms with E-state index >= 15 is 0 Å². The Morgan fingerprint density at radius 3 is 1.57 bits per heavy atom. The van der Waals surface area contributed by atoms with Gasteiger partial charge in [-0.1, -0.05) is 84.9 Å². The van der Waals surface area contributed by atoms with E-state index in [2.05, 4.69) is 24.3 Å². The van der Waals surface area contributed by atoms with E-state index in [-0.39, 0.29) is 0 Å². The number of aromatic nitrogens is 5. The van der Waals surface area contributed by atoms with E-state index < -0.39 is 0 Å². The van der Waals surface area contributed by atoms with Crippen molar-refractivity contribution in [3.63, 3.8) is 0 Å². The molecule has 8 nitrogen and oxygen atoms in total. The lowest BCUT2D eigenvalue weighted by Crippen LogP contribution is -2.00. The molecule has 0 aliphatic heterocycles. The third-order valence-electron chi connectivity index (χ3n) is 9.59. The normalized spacial score (nSPS) is 11.8. The van der Waals surface area contributed by atoms with Crippen LogP contribution in [-0.4, -0.2) is 24.9 Å². The van der Waals surface area contributed by atoms with Crippen molar-refractivity contribution in [1.29, 1.82) is 0 Å². The summed E-state index contributed by atoms with van der Waals surface area (Å²) in [6.45, 7) is 0. The van der Waals surface area contributed by atoms with Gasteiger partial charge >= 0.3 is 0 Å². The molecule has 0 amide bonds. The third kappa shape index (κ3) is 4.88. The Morgan fingerprint density at radius 1 is 0.340 bits per heavy atom. The number of benzene rings is 7. The van der Waals surface area contributed by atoms with Crippen LogP contribution in [0.1, 0.15) is 0 Å². The van der Waals surface area contributed by atoms with Crippen LogP contribution >= 0.6 is 0 Å². The molecule has 0 spiro atoms. The number of furan rings is 1. The molecule has 4 aromatic heterocycles. The van der Waals surface area contributed by atoms with Crippen molar-refractivity contribution in [2.45, 2.75) is 0 Å². The van der Waals surface area contributed by atoms with Crippen molar-refractivity contribution in [2.24, 2.45) is 0 Å². The highest BCUT2D eigenvalue weighted by Crippen LogP contribution is 2.41. The van der Waals surface area contributed by atoms with E-state index in [1.807, 2.05) is 127 Å². The second kappa shape index (κ2) is 11.5. The van der Waals surface area contributed by atoms with Gasteiger partial charge in [-0.15, -0.1) is 0 Å². The lowest BCUT2D eigenvalue weighted by Gasteiger charge is -2.09. The summed E-state index contributed by atoms with van der Waals surface area (Å²) in [7, 11) is 0. The molecule has 0 N–H and O–H groups in total. The number of nitrogens with zero attached hydrogens (tertiary/aromatic N) is 5. The Hall–Kier alpha value is -7.45. The number of hydrogen-bond acceptors (Lipinski definition) is 8. The molecule has 8 heteroatoms. The highest BCUT2D eigenvalue weighted by molar-refractivity contribution is 6.25. The molecule has 0 saturated carbocycles. The molecule has 0 saturated heterocycles. The minimum atomic E-state index is 0.532. The van der Waals surface area contributed by atoms with E-state index in [4.69, 9.17) is 38.2 Å². The third-order valence-corrected chi connectivity index (χ3v) is 9.59. The van der Waals surface area contributed by atoms with Crippen LogP contribution in [0.15, 0.2) is 165 Å². The first kappa shape index (κ1) is 29.3. The average Bonchev–Trinajstić information content (AvgIpc) is 3.96. The molecule has 11 aromatic rings. The Morgan fingerprint density at radius 2 is 0.849 bits per heavy atom. The van der Waals surface area contributed by atoms with Crippen molar-refractivity contribution in [2.75, 3.05) is 0 Å². The maximum atomic E-state index is 6.41. The summed E-state index contributed by atoms with van der Waals surface area (Å²) < 4.78 is 18.8. The number of hydrogen-bond donors (Lipinski definition) is 0. The zero-order valence-electron chi connectivity index (χ0n) is 27.9. The molecule has 0 fully saturated rings. The predicted octanol–water partition coefficient (Wildman–Crippen LogP) is 11.5. The molecule has 0 radical (unpaired) electrons. The van der Waals surface area contributed by atoms with Crippen LogP contribution in [0.4, 0.5) is 0 Å². The molecule has 0 aliphatic carbocycles. The standard InChI is InChI=1S/C45H25N5O3/c1-4-10-27(11-5-1)41-48-42(50-43(49-41)31-19-20-34-33(25-31)46-44(52-34)28-12-6-2-7-13-28)30-17-16-26-18-21-35-38(32(26)24-30)39-36(51-35)22-23-37-40(39)47-45(53-37)29-14-8-3-9-15-29/h1-25H. The minimum Gasteiger partial charge on any atom is -0.456 e. The van der Waals surface area contributed by atoms with Gasteiger partial charge in [0.05, 0.1) is 5.39 Å². The van der Waals surface area contributed by atoms with Crippen LogP contribution in [0.5, 0.6) is 0 Å². The summed E-state index contributed by atoms with van der Waals surface area (Å²) in [5.74, 6) is 2.77. The largest absolute Gasteiger partial charge is 0.456 e. The Kier molecular flexibility index (Phi) is 6.38. The second-order valence-electron chi connectivity index (χ2n) is 12.9. The lowest BCUT2D eigenvalue weighted by atomic mass is 10.0. The highest BCUT2D eigenvalue weighted by atomic mass is 16.4. The topological polar surface area (TPSA) is 104 Å². The zero-order valence-corrected chi connectivity index (χ0v) is 27.9. The first-order valence-electron chi connectivity index (χ1n) is 17.2. The number of rotatable bonds is 5. The predicted molar refractivity (Wildman–Crippen MR) is 207 cm³/mol. The van der Waals surface area contributed by atoms with Crippen molar-refractivity contribution in [3.05, 3.63) is 152 Å². The molecular formula is C45H25N5O3. The molecule has 0 aliphatic rings. The van der Waals surface area contributed by atoms with E-state index in [1.165, 1.54) is 0 Å². The van der Waals surface area contributed by atoms with Crippen molar-refractivity contribution in [1.82, 2.24) is 24.9 Å². The molecule has 0 atom stereocenters. The Balaban J connectivity index is 1.10. The molecule has 0 bridgehead atoms. The van der Waals surface area contributed by atoms with Crippen LogP contribution in [0.2, 0.25) is 0 Å². The lowest BCUT2D eigenvalue weighted by molar-refractivity contribution is 0.619. The average molecular weight is 684 g/mol. The molecule has 4 heterocycles. The first-order chi connectivity index (χ1) is 26.2. The summed E-state index contributed by atoms with van der Waals surface area (Å²) in [5.41, 5.74) is 8.72. The van der Waals surface area contributed by atoms with E-state index in [9.17, 15) is 0 Å². The fraction of sp³-hybridized carbons (Fsp3) is 0. The van der Waals surface area contributed by atoms with Gasteiger partial charge in [0.2, 0.25) is 11.8 Å². The molecule has 53 heavy (non-hydrogen) atoms. The van der Waals surface area contributed by atoms with Crippen molar-refractivity contribution >= 4 is 54.9 Å². The summed E-state index contributed by atoms with van der Waals surface area (Å²) in [5, 5.41) is 3.91. The van der Waals surface area contributed by atoms with Gasteiger partial charge in [-0.25, -0.2) is 24.9 Å². The summed E-state index contributed by atoms with van der Waals surface area (Å²) >= 11 is 0. The van der Waals surface area contributed by atoms with Crippen LogP contribution in [-0.2, 0) is 0 Å². The van der Waals surface area contributed by atoms with Gasteiger partial charge in [-0.3, -0.25) is 0 Å². The van der Waals surface area contributed by atoms with Gasteiger partial charge in [-0.2, -0.15) is 0 Å². The fourth-order valence-corrected chi connectivity index (χ4v) is 7.03. The molecular weight excluding hydrogens is 659 g/mol. The summed E-state index contributed by atoms with van der Waals surface area (Å²) in [4.78, 5) is 24.8. The summed E-state index contributed by atoms with van der Waals surface area (Å²) in [6, 6.07) is 49.8. The van der Waals surface area contributed by atoms with Crippen LogP contribution in [0.3, 0.4) is 0 Å². The molecule has 0 unspecified atom stereocenters. The molecule has 248 valence electrons. The smallest absolute Gasteiger partial charge is 0.227 e. The number of fused-ring (bicyclic) bond motifs is 8. The molecule has 7 aromatic carbocycles. The van der Waals surface area contributed by atoms with Crippen LogP contribution < -0.4 is 0 Å². The maximum absolute atomic E-state index is 6.41. The van der Waals surface area contributed by atoms with Gasteiger partial charge in [-0.05, 0) is 77.5 Å². The van der Waals surface area contributed by atoms with Crippen LogP contribution in [0.25, 0.3) is 112 Å². The highest BCUT2D eigenvalue weighted by Gasteiger charge is 2.20. The minimum absolute atomic E-state index is 0.532. The number of oxazole rings is 2. The van der Waals surface area contributed by atoms with E-state index in [0.29, 0.717) is 40.4 Å². The first-order valence-corrected chi connectivity index (χ1v) is 17.2. The monoisotopic (exact) mass is 683 g/mol. The van der Waals surface area contributed by atoms with E-state index in [0.717, 1.165) is 71.6 Å². The molecule has 11 rings (SSSR count). The van der Waals surface area contributed by atoms with Gasteiger partial charge in [0, 0.05) is 33.2 Å². The SMILES string of the molecule is c1ccc(-c2nc(-c3ccc4oc(-c5ccccc5)nc4c3)nc(-c3ccc4ccc5oc6ccc7oc(-c8ccccc8)nc7c6c5c4c3)n2)cc1. The van der Waals surface area contributed by atoms with Gasteiger partial charge in [0.25, 0.3) is 0 Å². The van der Waals surface area contributed by atoms with Gasteiger partial charge in [0.15, 0.2) is 28.6 Å². The fourth-order valence-electron chi connectivity index (χ4n) is 7.03. The maximum Gasteiger partial charge on any atom is 0.227 e. The second-order valence-corrected chi connectivity index (χ2v) is 12.9. The zero-order chi connectivity index (χ0) is 34.9. The van der Waals surface area contributed by atoms with Crippen LogP contribution in [0, 0.1) is 0 Å². The Labute approximate surface area is 301 Å². The van der Waals surface area contributed by atoms with Gasteiger partial charge in [0.1, 0.15) is 22.2 Å². The summed E-state index contributed by atoms with van der Waals surface area (Å²) in [6.07, 6.45) is 0. The van der Waals surface area contributed by atoms with Crippen molar-refractivity contribution < 1.29 is 13.3 Å². The quantitative estimate of drug-likeness (QED) is 0.176. The van der Waals surface area contributed by atoms with Gasteiger partial charge < -0.3 is 13.3 Å². The van der Waals surface area contributed by atoms with E-state index in [1.54, 1.807) is 0 Å².